The third-order valence-electron chi connectivity index (χ3n) is 3.23. The molecule has 20 heavy (non-hydrogen) atoms. The van der Waals surface area contributed by atoms with Crippen LogP contribution >= 0.6 is 0 Å². The second-order valence-corrected chi connectivity index (χ2v) is 4.70. The van der Waals surface area contributed by atoms with Gasteiger partial charge >= 0.3 is 5.97 Å². The molecule has 0 radical (unpaired) electrons. The monoisotopic (exact) mass is 281 g/mol. The number of nitrogens with one attached hydrogen (secondary N) is 1. The SMILES string of the molecule is CCOc1cc(NC2(C(=O)O)CCOCC2)nc(C)n1. The lowest BCUT2D eigenvalue weighted by atomic mass is 9.90. The van der Waals surface area contributed by atoms with E-state index in [-0.39, 0.29) is 0 Å². The zero-order chi connectivity index (χ0) is 14.6. The summed E-state index contributed by atoms with van der Waals surface area (Å²) in [6.07, 6.45) is 0.796. The minimum atomic E-state index is -1.04. The molecule has 2 N–H and O–H groups in total. The Labute approximate surface area is 117 Å². The number of ether oxygens (including phenoxy) is 2. The summed E-state index contributed by atoms with van der Waals surface area (Å²) in [4.78, 5) is 20.0. The molecule has 1 fully saturated rings. The van der Waals surface area contributed by atoms with Crippen LogP contribution < -0.4 is 10.1 Å². The summed E-state index contributed by atoms with van der Waals surface area (Å²) in [5, 5.41) is 12.5. The molecule has 1 saturated heterocycles. The van der Waals surface area contributed by atoms with E-state index in [2.05, 4.69) is 15.3 Å². The van der Waals surface area contributed by atoms with Crippen molar-refractivity contribution in [2.75, 3.05) is 25.1 Å². The summed E-state index contributed by atoms with van der Waals surface area (Å²) in [6, 6.07) is 1.62. The van der Waals surface area contributed by atoms with Gasteiger partial charge in [0.05, 0.1) is 6.61 Å². The van der Waals surface area contributed by atoms with Crippen molar-refractivity contribution in [3.05, 3.63) is 11.9 Å². The average Bonchev–Trinajstić information content (AvgIpc) is 2.39. The van der Waals surface area contributed by atoms with E-state index in [0.29, 0.717) is 50.2 Å². The number of aryl methyl sites for hydroxylation is 1. The first-order chi connectivity index (χ1) is 9.55. The maximum Gasteiger partial charge on any atom is 0.329 e. The number of aromatic nitrogens is 2. The molecule has 1 aliphatic rings. The number of hydrogen-bond donors (Lipinski definition) is 2. The van der Waals surface area contributed by atoms with Gasteiger partial charge in [0.1, 0.15) is 17.2 Å². The number of carboxylic acids is 1. The van der Waals surface area contributed by atoms with Crippen LogP contribution in [0, 0.1) is 6.92 Å². The predicted octanol–water partition coefficient (Wildman–Crippen LogP) is 1.23. The molecule has 0 atom stereocenters. The minimum Gasteiger partial charge on any atom is -0.480 e. The van der Waals surface area contributed by atoms with E-state index in [1.54, 1.807) is 13.0 Å². The van der Waals surface area contributed by atoms with Gasteiger partial charge in [0.2, 0.25) is 5.88 Å². The summed E-state index contributed by atoms with van der Waals surface area (Å²) in [6.45, 7) is 4.93. The lowest BCUT2D eigenvalue weighted by Gasteiger charge is -2.34. The average molecular weight is 281 g/mol. The van der Waals surface area contributed by atoms with Gasteiger partial charge in [-0.25, -0.2) is 9.78 Å². The molecule has 0 unspecified atom stereocenters. The van der Waals surface area contributed by atoms with E-state index in [1.807, 2.05) is 6.92 Å². The molecule has 2 heterocycles. The Balaban J connectivity index is 2.24. The highest BCUT2D eigenvalue weighted by Crippen LogP contribution is 2.26. The van der Waals surface area contributed by atoms with Crippen molar-refractivity contribution in [1.82, 2.24) is 9.97 Å². The van der Waals surface area contributed by atoms with Gasteiger partial charge in [-0.3, -0.25) is 0 Å². The predicted molar refractivity (Wildman–Crippen MR) is 72.0 cm³/mol. The fraction of sp³-hybridized carbons (Fsp3) is 0.615. The van der Waals surface area contributed by atoms with E-state index in [9.17, 15) is 9.90 Å². The fourth-order valence-corrected chi connectivity index (χ4v) is 2.18. The largest absolute Gasteiger partial charge is 0.480 e. The van der Waals surface area contributed by atoms with Crippen LogP contribution in [0.15, 0.2) is 6.07 Å². The highest BCUT2D eigenvalue weighted by molar-refractivity contribution is 5.82. The number of carboxylic acid groups (broad SMARTS) is 1. The van der Waals surface area contributed by atoms with Gasteiger partial charge in [-0.1, -0.05) is 0 Å². The summed E-state index contributed by atoms with van der Waals surface area (Å²) in [5.74, 6) is 0.543. The number of aliphatic carboxylic acids is 1. The Bertz CT molecular complexity index is 487. The van der Waals surface area contributed by atoms with Gasteiger partial charge in [0, 0.05) is 32.1 Å². The van der Waals surface area contributed by atoms with Crippen LogP contribution in [0.5, 0.6) is 5.88 Å². The Morgan fingerprint density at radius 2 is 2.20 bits per heavy atom. The summed E-state index contributed by atoms with van der Waals surface area (Å²) < 4.78 is 10.6. The zero-order valence-electron chi connectivity index (χ0n) is 11.7. The van der Waals surface area contributed by atoms with E-state index in [4.69, 9.17) is 9.47 Å². The third-order valence-corrected chi connectivity index (χ3v) is 3.23. The van der Waals surface area contributed by atoms with Crippen LogP contribution in [-0.2, 0) is 9.53 Å². The highest BCUT2D eigenvalue weighted by atomic mass is 16.5. The molecule has 1 aliphatic heterocycles. The molecule has 110 valence electrons. The lowest BCUT2D eigenvalue weighted by Crippen LogP contribution is -2.50. The van der Waals surface area contributed by atoms with Gasteiger partial charge in [-0.05, 0) is 13.8 Å². The van der Waals surface area contributed by atoms with Gasteiger partial charge in [0.15, 0.2) is 0 Å². The molecule has 0 aromatic carbocycles. The molecule has 1 aromatic heterocycles. The van der Waals surface area contributed by atoms with Gasteiger partial charge in [-0.15, -0.1) is 0 Å². The van der Waals surface area contributed by atoms with E-state index < -0.39 is 11.5 Å². The zero-order valence-corrected chi connectivity index (χ0v) is 11.7. The Morgan fingerprint density at radius 1 is 1.50 bits per heavy atom. The lowest BCUT2D eigenvalue weighted by molar-refractivity contribution is -0.145. The summed E-state index contributed by atoms with van der Waals surface area (Å²) in [7, 11) is 0. The van der Waals surface area contributed by atoms with Crippen molar-refractivity contribution in [2.45, 2.75) is 32.2 Å². The fourth-order valence-electron chi connectivity index (χ4n) is 2.18. The quantitative estimate of drug-likeness (QED) is 0.838. The van der Waals surface area contributed by atoms with Crippen molar-refractivity contribution in [3.8, 4) is 5.88 Å². The van der Waals surface area contributed by atoms with E-state index >= 15 is 0 Å². The van der Waals surface area contributed by atoms with Crippen LogP contribution in [0.4, 0.5) is 5.82 Å². The van der Waals surface area contributed by atoms with Crippen molar-refractivity contribution < 1.29 is 19.4 Å². The van der Waals surface area contributed by atoms with Crippen molar-refractivity contribution >= 4 is 11.8 Å². The van der Waals surface area contributed by atoms with Crippen LogP contribution in [0.3, 0.4) is 0 Å². The van der Waals surface area contributed by atoms with Crippen molar-refractivity contribution in [3.63, 3.8) is 0 Å². The molecular formula is C13H19N3O4. The second-order valence-electron chi connectivity index (χ2n) is 4.70. The maximum absolute atomic E-state index is 11.6. The second kappa shape index (κ2) is 6.04. The molecule has 7 heteroatoms. The first-order valence-corrected chi connectivity index (χ1v) is 6.63. The topological polar surface area (TPSA) is 93.6 Å². The van der Waals surface area contributed by atoms with Gasteiger partial charge in [0.25, 0.3) is 0 Å². The molecule has 0 spiro atoms. The van der Waals surface area contributed by atoms with Crippen molar-refractivity contribution in [2.24, 2.45) is 0 Å². The number of hydrogen-bond acceptors (Lipinski definition) is 6. The Kier molecular flexibility index (Phi) is 4.39. The molecule has 0 bridgehead atoms. The Hall–Kier alpha value is -1.89. The first-order valence-electron chi connectivity index (χ1n) is 6.63. The molecule has 0 amide bonds. The highest BCUT2D eigenvalue weighted by Gasteiger charge is 2.40. The van der Waals surface area contributed by atoms with Gasteiger partial charge in [-0.2, -0.15) is 4.98 Å². The van der Waals surface area contributed by atoms with Crippen LogP contribution in [-0.4, -0.2) is 46.4 Å². The molecule has 2 rings (SSSR count). The normalized spacial score (nSPS) is 17.5. The Morgan fingerprint density at radius 3 is 2.80 bits per heavy atom. The smallest absolute Gasteiger partial charge is 0.329 e. The van der Waals surface area contributed by atoms with Crippen LogP contribution in [0.25, 0.3) is 0 Å². The number of anilines is 1. The van der Waals surface area contributed by atoms with E-state index in [0.717, 1.165) is 0 Å². The standard InChI is InChI=1S/C13H19N3O4/c1-3-20-11-8-10(14-9(2)15-11)16-13(12(17)18)4-6-19-7-5-13/h8H,3-7H2,1-2H3,(H,17,18)(H,14,15,16). The van der Waals surface area contributed by atoms with E-state index in [1.165, 1.54) is 0 Å². The van der Waals surface area contributed by atoms with Crippen LogP contribution in [0.1, 0.15) is 25.6 Å². The number of nitrogens with zero attached hydrogens (tertiary/aromatic N) is 2. The van der Waals surface area contributed by atoms with Crippen molar-refractivity contribution in [1.29, 1.82) is 0 Å². The minimum absolute atomic E-state index is 0.398. The number of rotatable bonds is 5. The summed E-state index contributed by atoms with van der Waals surface area (Å²) >= 11 is 0. The maximum atomic E-state index is 11.6. The first kappa shape index (κ1) is 14.5. The molecule has 7 nitrogen and oxygen atoms in total. The molecular weight excluding hydrogens is 262 g/mol. The van der Waals surface area contributed by atoms with Crippen LogP contribution in [0.2, 0.25) is 0 Å². The summed E-state index contributed by atoms with van der Waals surface area (Å²) in [5.41, 5.74) is -1.04. The third kappa shape index (κ3) is 3.16. The number of carbonyl (C=O) groups is 1. The van der Waals surface area contributed by atoms with Gasteiger partial charge < -0.3 is 19.9 Å². The molecule has 0 aliphatic carbocycles. The molecule has 1 aromatic rings. The molecule has 0 saturated carbocycles.